The predicted octanol–water partition coefficient (Wildman–Crippen LogP) is 2.13. The van der Waals surface area contributed by atoms with Crippen molar-refractivity contribution in [3.8, 4) is 0 Å². The summed E-state index contributed by atoms with van der Waals surface area (Å²) in [7, 11) is 0. The molecule has 0 radical (unpaired) electrons. The molecule has 1 amide bonds. The van der Waals surface area contributed by atoms with E-state index in [-0.39, 0.29) is 5.91 Å². The summed E-state index contributed by atoms with van der Waals surface area (Å²) in [5.74, 6) is 0.241. The van der Waals surface area contributed by atoms with Gasteiger partial charge in [0.2, 0.25) is 5.91 Å². The summed E-state index contributed by atoms with van der Waals surface area (Å²) in [5, 5.41) is 7.21. The highest BCUT2D eigenvalue weighted by Crippen LogP contribution is 2.13. The molecule has 0 aromatic carbocycles. The van der Waals surface area contributed by atoms with Gasteiger partial charge in [0, 0.05) is 23.6 Å². The van der Waals surface area contributed by atoms with Crippen LogP contribution < -0.4 is 5.32 Å². The first kappa shape index (κ1) is 11.6. The van der Waals surface area contributed by atoms with E-state index in [4.69, 9.17) is 11.6 Å². The van der Waals surface area contributed by atoms with Crippen molar-refractivity contribution in [2.45, 2.75) is 13.0 Å². The summed E-state index contributed by atoms with van der Waals surface area (Å²) in [6, 6.07) is 4.61. The molecule has 5 nitrogen and oxygen atoms in total. The molecule has 1 N–H and O–H groups in total. The minimum atomic E-state index is -0.397. The second kappa shape index (κ2) is 4.97. The summed E-state index contributed by atoms with van der Waals surface area (Å²) in [4.78, 5) is 15.9. The highest BCUT2D eigenvalue weighted by Gasteiger charge is 2.15. The Morgan fingerprint density at radius 2 is 2.35 bits per heavy atom. The quantitative estimate of drug-likeness (QED) is 0.908. The summed E-state index contributed by atoms with van der Waals surface area (Å²) in [6.07, 6.45) is 4.90. The Hall–Kier alpha value is -1.88. The van der Waals surface area contributed by atoms with Crippen LogP contribution in [-0.2, 0) is 4.79 Å². The lowest BCUT2D eigenvalue weighted by Crippen LogP contribution is -2.24. The first-order valence-corrected chi connectivity index (χ1v) is 5.46. The van der Waals surface area contributed by atoms with Gasteiger partial charge in [-0.25, -0.2) is 4.98 Å². The second-order valence-electron chi connectivity index (χ2n) is 3.51. The molecule has 1 unspecified atom stereocenters. The van der Waals surface area contributed by atoms with Gasteiger partial charge >= 0.3 is 0 Å². The number of hydrogen-bond donors (Lipinski definition) is 1. The van der Waals surface area contributed by atoms with E-state index in [1.807, 2.05) is 0 Å². The SMILES string of the molecule is CC(C(=O)Nc1cc(Cl)ccn1)n1cccn1. The van der Waals surface area contributed by atoms with Crippen LogP contribution in [-0.4, -0.2) is 20.7 Å². The van der Waals surface area contributed by atoms with E-state index in [0.717, 1.165) is 0 Å². The number of rotatable bonds is 3. The van der Waals surface area contributed by atoms with Crippen LogP contribution in [0.1, 0.15) is 13.0 Å². The molecule has 0 aliphatic heterocycles. The van der Waals surface area contributed by atoms with Gasteiger partial charge in [0.05, 0.1) is 0 Å². The Kier molecular flexibility index (Phi) is 3.39. The molecule has 0 bridgehead atoms. The zero-order valence-corrected chi connectivity index (χ0v) is 9.93. The lowest BCUT2D eigenvalue weighted by molar-refractivity contribution is -0.119. The lowest BCUT2D eigenvalue weighted by Gasteiger charge is -2.12. The number of hydrogen-bond acceptors (Lipinski definition) is 3. The Morgan fingerprint density at radius 1 is 1.53 bits per heavy atom. The van der Waals surface area contributed by atoms with Crippen LogP contribution in [0.15, 0.2) is 36.8 Å². The van der Waals surface area contributed by atoms with Crippen molar-refractivity contribution < 1.29 is 4.79 Å². The van der Waals surface area contributed by atoms with Gasteiger partial charge < -0.3 is 5.32 Å². The number of nitrogens with one attached hydrogen (secondary N) is 1. The number of aromatic nitrogens is 3. The van der Waals surface area contributed by atoms with Crippen molar-refractivity contribution in [3.63, 3.8) is 0 Å². The van der Waals surface area contributed by atoms with Gasteiger partial charge in [-0.1, -0.05) is 11.6 Å². The van der Waals surface area contributed by atoms with Crippen molar-refractivity contribution in [1.29, 1.82) is 0 Å². The second-order valence-corrected chi connectivity index (χ2v) is 3.95. The van der Waals surface area contributed by atoms with Crippen LogP contribution in [0.5, 0.6) is 0 Å². The maximum absolute atomic E-state index is 11.9. The number of amides is 1. The topological polar surface area (TPSA) is 59.8 Å². The van der Waals surface area contributed by atoms with E-state index < -0.39 is 6.04 Å². The predicted molar refractivity (Wildman–Crippen MR) is 64.8 cm³/mol. The fourth-order valence-electron chi connectivity index (χ4n) is 1.33. The fourth-order valence-corrected chi connectivity index (χ4v) is 1.49. The van der Waals surface area contributed by atoms with E-state index in [1.54, 1.807) is 42.2 Å². The summed E-state index contributed by atoms with van der Waals surface area (Å²) < 4.78 is 1.57. The van der Waals surface area contributed by atoms with Gasteiger partial charge in [-0.15, -0.1) is 0 Å². The van der Waals surface area contributed by atoms with Crippen molar-refractivity contribution in [2.75, 3.05) is 5.32 Å². The molecule has 0 aliphatic rings. The van der Waals surface area contributed by atoms with E-state index in [9.17, 15) is 4.79 Å². The van der Waals surface area contributed by atoms with Crippen LogP contribution in [0.25, 0.3) is 0 Å². The molecule has 88 valence electrons. The molecule has 17 heavy (non-hydrogen) atoms. The van der Waals surface area contributed by atoms with Gasteiger partial charge in [-0.3, -0.25) is 9.48 Å². The number of anilines is 1. The molecular weight excluding hydrogens is 240 g/mol. The molecule has 2 rings (SSSR count). The minimum absolute atomic E-state index is 0.191. The smallest absolute Gasteiger partial charge is 0.250 e. The molecule has 2 heterocycles. The number of halogens is 1. The Balaban J connectivity index is 2.07. The highest BCUT2D eigenvalue weighted by atomic mass is 35.5. The fraction of sp³-hybridized carbons (Fsp3) is 0.182. The number of carbonyl (C=O) groups excluding carboxylic acids is 1. The largest absolute Gasteiger partial charge is 0.309 e. The van der Waals surface area contributed by atoms with E-state index in [2.05, 4.69) is 15.4 Å². The third-order valence-corrected chi connectivity index (χ3v) is 2.51. The van der Waals surface area contributed by atoms with Crippen molar-refractivity contribution in [3.05, 3.63) is 41.8 Å². The van der Waals surface area contributed by atoms with Gasteiger partial charge in [0.25, 0.3) is 0 Å². The van der Waals surface area contributed by atoms with Gasteiger partial charge in [0.1, 0.15) is 11.9 Å². The zero-order chi connectivity index (χ0) is 12.3. The Morgan fingerprint density at radius 3 is 3.00 bits per heavy atom. The number of nitrogens with zero attached hydrogens (tertiary/aromatic N) is 3. The molecule has 0 saturated carbocycles. The van der Waals surface area contributed by atoms with E-state index in [0.29, 0.717) is 10.8 Å². The molecule has 0 aliphatic carbocycles. The van der Waals surface area contributed by atoms with Crippen LogP contribution in [0.4, 0.5) is 5.82 Å². The number of carbonyl (C=O) groups is 1. The van der Waals surface area contributed by atoms with Crippen molar-refractivity contribution >= 4 is 23.3 Å². The Bertz CT molecular complexity index is 512. The molecule has 0 saturated heterocycles. The van der Waals surface area contributed by atoms with Crippen LogP contribution >= 0.6 is 11.6 Å². The maximum Gasteiger partial charge on any atom is 0.250 e. The van der Waals surface area contributed by atoms with E-state index >= 15 is 0 Å². The third kappa shape index (κ3) is 2.82. The standard InChI is InChI=1S/C11H11ClN4O/c1-8(16-6-2-4-14-16)11(17)15-10-7-9(12)3-5-13-10/h2-8H,1H3,(H,13,15,17). The molecule has 0 spiro atoms. The molecular formula is C11H11ClN4O. The monoisotopic (exact) mass is 250 g/mol. The zero-order valence-electron chi connectivity index (χ0n) is 9.17. The third-order valence-electron chi connectivity index (χ3n) is 2.27. The average Bonchev–Trinajstić information content (AvgIpc) is 2.81. The van der Waals surface area contributed by atoms with Crippen LogP contribution in [0.2, 0.25) is 5.02 Å². The minimum Gasteiger partial charge on any atom is -0.309 e. The molecule has 2 aromatic heterocycles. The normalized spacial score (nSPS) is 12.1. The first-order valence-electron chi connectivity index (χ1n) is 5.08. The van der Waals surface area contributed by atoms with Gasteiger partial charge in [-0.05, 0) is 25.1 Å². The highest BCUT2D eigenvalue weighted by molar-refractivity contribution is 6.30. The van der Waals surface area contributed by atoms with Crippen molar-refractivity contribution in [1.82, 2.24) is 14.8 Å². The van der Waals surface area contributed by atoms with Crippen LogP contribution in [0, 0.1) is 0 Å². The van der Waals surface area contributed by atoms with Gasteiger partial charge in [-0.2, -0.15) is 5.10 Å². The summed E-state index contributed by atoms with van der Waals surface area (Å²) in [6.45, 7) is 1.76. The van der Waals surface area contributed by atoms with Crippen molar-refractivity contribution in [2.24, 2.45) is 0 Å². The maximum atomic E-state index is 11.9. The summed E-state index contributed by atoms with van der Waals surface area (Å²) in [5.41, 5.74) is 0. The van der Waals surface area contributed by atoms with Crippen LogP contribution in [0.3, 0.4) is 0 Å². The number of pyridine rings is 1. The van der Waals surface area contributed by atoms with E-state index in [1.165, 1.54) is 6.20 Å². The Labute approximate surface area is 103 Å². The van der Waals surface area contributed by atoms with Gasteiger partial charge in [0.15, 0.2) is 0 Å². The molecule has 6 heteroatoms. The first-order chi connectivity index (χ1) is 8.16. The molecule has 0 fully saturated rings. The molecule has 2 aromatic rings. The summed E-state index contributed by atoms with van der Waals surface area (Å²) >= 11 is 5.80. The molecule has 1 atom stereocenters. The lowest BCUT2D eigenvalue weighted by atomic mass is 10.3. The average molecular weight is 251 g/mol.